The number of aromatic nitrogens is 1. The van der Waals surface area contributed by atoms with Gasteiger partial charge >= 0.3 is 0 Å². The standard InChI is InChI=1S/C16H16N2S/c1-11-4-5-13(8-12(11)2)14-9-19-15(18-14)16(10-17)6-3-7-16/h4-5,8-9H,3,6-7H2,1-2H3. The van der Waals surface area contributed by atoms with Gasteiger partial charge in [-0.1, -0.05) is 12.1 Å². The summed E-state index contributed by atoms with van der Waals surface area (Å²) in [5.41, 5.74) is 4.45. The first-order valence-corrected chi connectivity index (χ1v) is 7.47. The first-order valence-electron chi connectivity index (χ1n) is 6.59. The largest absolute Gasteiger partial charge is 0.240 e. The van der Waals surface area contributed by atoms with Crippen molar-refractivity contribution in [2.24, 2.45) is 0 Å². The molecular weight excluding hydrogens is 252 g/mol. The molecule has 3 rings (SSSR count). The van der Waals surface area contributed by atoms with Crippen molar-refractivity contribution in [3.8, 4) is 17.3 Å². The Labute approximate surface area is 117 Å². The van der Waals surface area contributed by atoms with Gasteiger partial charge in [-0.25, -0.2) is 4.98 Å². The summed E-state index contributed by atoms with van der Waals surface area (Å²) in [6.07, 6.45) is 3.07. The van der Waals surface area contributed by atoms with Gasteiger partial charge in [0.25, 0.3) is 0 Å². The van der Waals surface area contributed by atoms with Crippen molar-refractivity contribution in [3.63, 3.8) is 0 Å². The fourth-order valence-electron chi connectivity index (χ4n) is 2.43. The van der Waals surface area contributed by atoms with Crippen LogP contribution in [0.5, 0.6) is 0 Å². The molecule has 1 aliphatic rings. The van der Waals surface area contributed by atoms with E-state index >= 15 is 0 Å². The van der Waals surface area contributed by atoms with E-state index in [1.54, 1.807) is 11.3 Å². The highest BCUT2D eigenvalue weighted by molar-refractivity contribution is 7.10. The van der Waals surface area contributed by atoms with Gasteiger partial charge in [-0.15, -0.1) is 11.3 Å². The van der Waals surface area contributed by atoms with Gasteiger partial charge in [-0.2, -0.15) is 5.26 Å². The molecule has 0 radical (unpaired) electrons. The number of nitriles is 1. The van der Waals surface area contributed by atoms with Crippen LogP contribution in [0, 0.1) is 25.2 Å². The normalized spacial score (nSPS) is 16.7. The van der Waals surface area contributed by atoms with Crippen molar-refractivity contribution in [2.45, 2.75) is 38.5 Å². The quantitative estimate of drug-likeness (QED) is 0.810. The molecule has 0 unspecified atom stereocenters. The molecule has 0 N–H and O–H groups in total. The van der Waals surface area contributed by atoms with Gasteiger partial charge in [0.05, 0.1) is 11.8 Å². The Bertz CT molecular complexity index is 660. The Morgan fingerprint density at radius 3 is 2.63 bits per heavy atom. The topological polar surface area (TPSA) is 36.7 Å². The van der Waals surface area contributed by atoms with Gasteiger partial charge in [-0.3, -0.25) is 0 Å². The molecule has 1 aromatic carbocycles. The van der Waals surface area contributed by atoms with Crippen LogP contribution in [-0.4, -0.2) is 4.98 Å². The monoisotopic (exact) mass is 268 g/mol. The molecule has 1 heterocycles. The molecule has 0 spiro atoms. The third-order valence-corrected chi connectivity index (χ3v) is 5.18. The van der Waals surface area contributed by atoms with Gasteiger partial charge < -0.3 is 0 Å². The molecule has 1 fully saturated rings. The highest BCUT2D eigenvalue weighted by Crippen LogP contribution is 2.45. The molecule has 1 aliphatic carbocycles. The van der Waals surface area contributed by atoms with Crippen LogP contribution < -0.4 is 0 Å². The second-order valence-electron chi connectivity index (χ2n) is 5.38. The number of benzene rings is 1. The van der Waals surface area contributed by atoms with E-state index < -0.39 is 0 Å². The minimum absolute atomic E-state index is 0.289. The summed E-state index contributed by atoms with van der Waals surface area (Å²) in [5, 5.41) is 12.4. The van der Waals surface area contributed by atoms with Crippen LogP contribution in [0.15, 0.2) is 23.6 Å². The predicted molar refractivity (Wildman–Crippen MR) is 78.2 cm³/mol. The van der Waals surface area contributed by atoms with Crippen LogP contribution in [0.4, 0.5) is 0 Å². The highest BCUT2D eigenvalue weighted by atomic mass is 32.1. The summed E-state index contributed by atoms with van der Waals surface area (Å²) in [6, 6.07) is 8.88. The fourth-order valence-corrected chi connectivity index (χ4v) is 3.47. The lowest BCUT2D eigenvalue weighted by Gasteiger charge is -2.32. The molecule has 96 valence electrons. The lowest BCUT2D eigenvalue weighted by Crippen LogP contribution is -2.32. The average Bonchev–Trinajstić information content (AvgIpc) is 2.82. The molecular formula is C16H16N2S. The van der Waals surface area contributed by atoms with Crippen LogP contribution in [0.3, 0.4) is 0 Å². The molecule has 2 aromatic rings. The molecule has 0 saturated heterocycles. The summed E-state index contributed by atoms with van der Waals surface area (Å²) in [5.74, 6) is 0. The number of nitrogens with zero attached hydrogens (tertiary/aromatic N) is 2. The fraction of sp³-hybridized carbons (Fsp3) is 0.375. The molecule has 1 aromatic heterocycles. The van der Waals surface area contributed by atoms with E-state index in [2.05, 4.69) is 43.5 Å². The van der Waals surface area contributed by atoms with Crippen LogP contribution in [0.25, 0.3) is 11.3 Å². The second-order valence-corrected chi connectivity index (χ2v) is 6.24. The molecule has 0 aliphatic heterocycles. The smallest absolute Gasteiger partial charge is 0.114 e. The molecule has 0 atom stereocenters. The Kier molecular flexibility index (Phi) is 2.91. The zero-order valence-electron chi connectivity index (χ0n) is 11.2. The Morgan fingerprint density at radius 1 is 1.26 bits per heavy atom. The molecule has 0 bridgehead atoms. The molecule has 1 saturated carbocycles. The van der Waals surface area contributed by atoms with E-state index in [0.29, 0.717) is 0 Å². The third kappa shape index (κ3) is 1.97. The SMILES string of the molecule is Cc1ccc(-c2csc(C3(C#N)CCC3)n2)cc1C. The van der Waals surface area contributed by atoms with E-state index in [9.17, 15) is 5.26 Å². The predicted octanol–water partition coefficient (Wildman–Crippen LogP) is 4.37. The van der Waals surface area contributed by atoms with Gasteiger partial charge in [0, 0.05) is 10.9 Å². The van der Waals surface area contributed by atoms with E-state index in [1.807, 2.05) is 0 Å². The van der Waals surface area contributed by atoms with E-state index in [0.717, 1.165) is 35.5 Å². The number of aryl methyl sites for hydroxylation is 2. The lowest BCUT2D eigenvalue weighted by molar-refractivity contribution is 0.323. The van der Waals surface area contributed by atoms with Gasteiger partial charge in [0.2, 0.25) is 0 Å². The van der Waals surface area contributed by atoms with Crippen molar-refractivity contribution in [2.75, 3.05) is 0 Å². The van der Waals surface area contributed by atoms with E-state index in [-0.39, 0.29) is 5.41 Å². The molecule has 19 heavy (non-hydrogen) atoms. The minimum Gasteiger partial charge on any atom is -0.240 e. The first-order chi connectivity index (χ1) is 9.14. The maximum atomic E-state index is 9.37. The summed E-state index contributed by atoms with van der Waals surface area (Å²) in [7, 11) is 0. The van der Waals surface area contributed by atoms with E-state index in [1.165, 1.54) is 11.1 Å². The van der Waals surface area contributed by atoms with Crippen LogP contribution in [-0.2, 0) is 5.41 Å². The molecule has 2 nitrogen and oxygen atoms in total. The molecule has 0 amide bonds. The Balaban J connectivity index is 1.97. The zero-order chi connectivity index (χ0) is 13.5. The van der Waals surface area contributed by atoms with Gasteiger partial charge in [-0.05, 0) is 50.3 Å². The summed E-state index contributed by atoms with van der Waals surface area (Å²) in [4.78, 5) is 4.71. The Hall–Kier alpha value is -1.66. The van der Waals surface area contributed by atoms with Gasteiger partial charge in [0.1, 0.15) is 10.4 Å². The zero-order valence-corrected chi connectivity index (χ0v) is 12.0. The van der Waals surface area contributed by atoms with Crippen molar-refractivity contribution in [3.05, 3.63) is 39.7 Å². The highest BCUT2D eigenvalue weighted by Gasteiger charge is 2.41. The van der Waals surface area contributed by atoms with Crippen LogP contribution in [0.2, 0.25) is 0 Å². The van der Waals surface area contributed by atoms with Crippen LogP contribution >= 0.6 is 11.3 Å². The van der Waals surface area contributed by atoms with Crippen molar-refractivity contribution < 1.29 is 0 Å². The summed E-state index contributed by atoms with van der Waals surface area (Å²) in [6.45, 7) is 4.24. The second kappa shape index (κ2) is 4.47. The summed E-state index contributed by atoms with van der Waals surface area (Å²) >= 11 is 1.63. The number of thiazole rings is 1. The van der Waals surface area contributed by atoms with Crippen molar-refractivity contribution in [1.29, 1.82) is 5.26 Å². The number of hydrogen-bond acceptors (Lipinski definition) is 3. The molecule has 3 heteroatoms. The minimum atomic E-state index is -0.289. The van der Waals surface area contributed by atoms with Crippen molar-refractivity contribution in [1.82, 2.24) is 4.98 Å². The van der Waals surface area contributed by atoms with E-state index in [4.69, 9.17) is 4.98 Å². The maximum absolute atomic E-state index is 9.37. The first kappa shape index (κ1) is 12.4. The number of rotatable bonds is 2. The number of hydrogen-bond donors (Lipinski definition) is 0. The maximum Gasteiger partial charge on any atom is 0.114 e. The van der Waals surface area contributed by atoms with Crippen molar-refractivity contribution >= 4 is 11.3 Å². The summed E-state index contributed by atoms with van der Waals surface area (Å²) < 4.78 is 0. The van der Waals surface area contributed by atoms with Gasteiger partial charge in [0.15, 0.2) is 0 Å². The lowest BCUT2D eigenvalue weighted by atomic mass is 9.70. The van der Waals surface area contributed by atoms with Crippen LogP contribution in [0.1, 0.15) is 35.4 Å². The average molecular weight is 268 g/mol. The third-order valence-electron chi connectivity index (χ3n) is 4.14. The Morgan fingerprint density at radius 2 is 2.05 bits per heavy atom.